The van der Waals surface area contributed by atoms with Crippen molar-refractivity contribution in [3.05, 3.63) is 34.9 Å². The smallest absolute Gasteiger partial charge is 0.370 e. The molecule has 1 saturated heterocycles. The van der Waals surface area contributed by atoms with Gasteiger partial charge in [0.15, 0.2) is 0 Å². The largest absolute Gasteiger partial charge is 0.411 e. The molecule has 2 atom stereocenters. The van der Waals surface area contributed by atoms with E-state index in [4.69, 9.17) is 11.6 Å². The van der Waals surface area contributed by atoms with Crippen molar-refractivity contribution in [1.29, 1.82) is 0 Å². The Hall–Kier alpha value is -1.47. The summed E-state index contributed by atoms with van der Waals surface area (Å²) in [6.45, 7) is 0.668. The molecule has 0 bridgehead atoms. The minimum Gasteiger partial charge on any atom is -0.370 e. The number of amides is 2. The number of benzene rings is 1. The molecule has 1 aliphatic heterocycles. The molecule has 1 fully saturated rings. The molecule has 8 heteroatoms. The van der Waals surface area contributed by atoms with Crippen LogP contribution >= 0.6 is 11.6 Å². The molecule has 1 aromatic carbocycles. The Morgan fingerprint density at radius 2 is 2.17 bits per heavy atom. The highest BCUT2D eigenvalue weighted by atomic mass is 35.5. The van der Waals surface area contributed by atoms with E-state index in [1.54, 1.807) is 17.9 Å². The Kier molecular flexibility index (Phi) is 6.34. The molecule has 2 rings (SSSR count). The molecule has 1 N–H and O–H groups in total. The minimum absolute atomic E-state index is 0.123. The number of urea groups is 1. The Bertz CT molecular complexity index is 568. The van der Waals surface area contributed by atoms with Gasteiger partial charge in [-0.3, -0.25) is 0 Å². The average Bonchev–Trinajstić information content (AvgIpc) is 2.95. The van der Waals surface area contributed by atoms with Crippen LogP contribution in [0.3, 0.4) is 0 Å². The molecular formula is C16H20ClF3N2O2. The molecule has 2 unspecified atom stereocenters. The molecule has 0 spiro atoms. The Morgan fingerprint density at radius 3 is 2.83 bits per heavy atom. The fourth-order valence-electron chi connectivity index (χ4n) is 2.77. The Balaban J connectivity index is 1.90. The van der Waals surface area contributed by atoms with Crippen LogP contribution in [-0.2, 0) is 4.74 Å². The van der Waals surface area contributed by atoms with Crippen LogP contribution < -0.4 is 5.32 Å². The quantitative estimate of drug-likeness (QED) is 0.852. The molecule has 4 nitrogen and oxygen atoms in total. The minimum atomic E-state index is -4.37. The fraction of sp³-hybridized carbons (Fsp3) is 0.562. The van der Waals surface area contributed by atoms with Crippen molar-refractivity contribution >= 4 is 17.6 Å². The molecule has 1 heterocycles. The summed E-state index contributed by atoms with van der Waals surface area (Å²) in [6.07, 6.45) is -2.72. The van der Waals surface area contributed by atoms with Crippen molar-refractivity contribution in [2.24, 2.45) is 0 Å². The number of ether oxygens (including phenoxy) is 1. The van der Waals surface area contributed by atoms with Crippen LogP contribution in [-0.4, -0.2) is 42.9 Å². The van der Waals surface area contributed by atoms with Crippen molar-refractivity contribution in [2.45, 2.75) is 38.0 Å². The van der Waals surface area contributed by atoms with Crippen LogP contribution in [0.15, 0.2) is 24.3 Å². The number of alkyl halides is 3. The van der Waals surface area contributed by atoms with Gasteiger partial charge in [0, 0.05) is 11.6 Å². The molecule has 0 aromatic heterocycles. The van der Waals surface area contributed by atoms with Crippen LogP contribution in [0.1, 0.15) is 31.4 Å². The molecule has 0 saturated carbocycles. The number of nitrogens with one attached hydrogen (secondary N) is 1. The predicted octanol–water partition coefficient (Wildman–Crippen LogP) is 4.15. The first-order valence-electron chi connectivity index (χ1n) is 7.74. The van der Waals surface area contributed by atoms with Crippen molar-refractivity contribution in [1.82, 2.24) is 10.2 Å². The van der Waals surface area contributed by atoms with E-state index < -0.39 is 18.8 Å². The summed E-state index contributed by atoms with van der Waals surface area (Å²) in [5.74, 6) is 0. The van der Waals surface area contributed by atoms with Gasteiger partial charge in [-0.1, -0.05) is 29.8 Å². The maximum atomic E-state index is 12.4. The summed E-state index contributed by atoms with van der Waals surface area (Å²) in [6, 6.07) is 6.39. The zero-order chi connectivity index (χ0) is 17.7. The lowest BCUT2D eigenvalue weighted by molar-refractivity contribution is -0.174. The van der Waals surface area contributed by atoms with Gasteiger partial charge < -0.3 is 15.0 Å². The van der Waals surface area contributed by atoms with E-state index in [1.807, 2.05) is 18.2 Å². The second-order valence-electron chi connectivity index (χ2n) is 5.85. The third-order valence-electron chi connectivity index (χ3n) is 3.78. The van der Waals surface area contributed by atoms with Gasteiger partial charge in [0.2, 0.25) is 0 Å². The van der Waals surface area contributed by atoms with Crippen molar-refractivity contribution < 1.29 is 22.7 Å². The van der Waals surface area contributed by atoms with E-state index in [2.05, 4.69) is 10.1 Å². The number of hydrogen-bond acceptors (Lipinski definition) is 2. The number of carbonyl (C=O) groups excluding carboxylic acids is 1. The Morgan fingerprint density at radius 1 is 1.46 bits per heavy atom. The summed E-state index contributed by atoms with van der Waals surface area (Å²) in [5, 5.41) is 3.28. The van der Waals surface area contributed by atoms with Gasteiger partial charge >= 0.3 is 12.2 Å². The third-order valence-corrected chi connectivity index (χ3v) is 4.13. The van der Waals surface area contributed by atoms with Crippen LogP contribution in [0, 0.1) is 0 Å². The van der Waals surface area contributed by atoms with E-state index in [1.165, 1.54) is 0 Å². The molecule has 2 amide bonds. The van der Waals surface area contributed by atoms with E-state index in [0.717, 1.165) is 18.4 Å². The lowest BCUT2D eigenvalue weighted by Crippen LogP contribution is -2.45. The van der Waals surface area contributed by atoms with Gasteiger partial charge in [-0.25, -0.2) is 4.79 Å². The lowest BCUT2D eigenvalue weighted by atomic mass is 10.0. The van der Waals surface area contributed by atoms with Gasteiger partial charge in [-0.05, 0) is 31.4 Å². The van der Waals surface area contributed by atoms with Crippen LogP contribution in [0.2, 0.25) is 5.02 Å². The second-order valence-corrected chi connectivity index (χ2v) is 6.26. The van der Waals surface area contributed by atoms with Crippen LogP contribution in [0.25, 0.3) is 0 Å². The second kappa shape index (κ2) is 8.07. The summed E-state index contributed by atoms with van der Waals surface area (Å²) in [7, 11) is 0. The topological polar surface area (TPSA) is 41.6 Å². The maximum Gasteiger partial charge on any atom is 0.411 e. The fourth-order valence-corrected chi connectivity index (χ4v) is 3.03. The number of halogens is 4. The first-order valence-corrected chi connectivity index (χ1v) is 8.12. The molecule has 24 heavy (non-hydrogen) atoms. The maximum absolute atomic E-state index is 12.4. The van der Waals surface area contributed by atoms with Crippen LogP contribution in [0.4, 0.5) is 18.0 Å². The van der Waals surface area contributed by atoms with E-state index in [9.17, 15) is 18.0 Å². The van der Waals surface area contributed by atoms with Gasteiger partial charge in [-0.15, -0.1) is 0 Å². The van der Waals surface area contributed by atoms with Crippen molar-refractivity contribution in [3.63, 3.8) is 0 Å². The summed E-state index contributed by atoms with van der Waals surface area (Å²) in [5.41, 5.74) is 0.882. The first-order chi connectivity index (χ1) is 11.3. The molecule has 0 aliphatic carbocycles. The van der Waals surface area contributed by atoms with Gasteiger partial charge in [-0.2, -0.15) is 13.2 Å². The third kappa shape index (κ3) is 5.27. The number of carbonyl (C=O) groups is 1. The standard InChI is InChI=1S/C16H20ClF3N2O2/c1-11(9-24-10-16(18,19)20)21-15(23)22-8-4-7-14(22)12-5-2-3-6-13(12)17/h2-3,5-6,11,14H,4,7-10H2,1H3,(H,21,23). The average molecular weight is 365 g/mol. The van der Waals surface area contributed by atoms with E-state index in [-0.39, 0.29) is 18.7 Å². The molecule has 0 radical (unpaired) electrons. The first kappa shape index (κ1) is 18.9. The monoisotopic (exact) mass is 364 g/mol. The number of rotatable bonds is 5. The number of likely N-dealkylation sites (tertiary alicyclic amines) is 1. The summed E-state index contributed by atoms with van der Waals surface area (Å²) >= 11 is 6.21. The summed E-state index contributed by atoms with van der Waals surface area (Å²) < 4.78 is 40.7. The SMILES string of the molecule is CC(COCC(F)(F)F)NC(=O)N1CCCC1c1ccccc1Cl. The highest BCUT2D eigenvalue weighted by Crippen LogP contribution is 2.35. The van der Waals surface area contributed by atoms with Crippen molar-refractivity contribution in [3.8, 4) is 0 Å². The highest BCUT2D eigenvalue weighted by Gasteiger charge is 2.32. The molecule has 1 aromatic rings. The molecule has 1 aliphatic rings. The number of nitrogens with zero attached hydrogens (tertiary/aromatic N) is 1. The highest BCUT2D eigenvalue weighted by molar-refractivity contribution is 6.31. The van der Waals surface area contributed by atoms with Gasteiger partial charge in [0.05, 0.1) is 18.7 Å². The Labute approximate surface area is 143 Å². The van der Waals surface area contributed by atoms with E-state index >= 15 is 0 Å². The van der Waals surface area contributed by atoms with Gasteiger partial charge in [0.25, 0.3) is 0 Å². The van der Waals surface area contributed by atoms with Crippen molar-refractivity contribution in [2.75, 3.05) is 19.8 Å². The predicted molar refractivity (Wildman–Crippen MR) is 85.0 cm³/mol. The molecule has 134 valence electrons. The lowest BCUT2D eigenvalue weighted by Gasteiger charge is -2.27. The normalized spacial score (nSPS) is 19.4. The number of hydrogen-bond donors (Lipinski definition) is 1. The summed E-state index contributed by atoms with van der Waals surface area (Å²) in [4.78, 5) is 14.1. The van der Waals surface area contributed by atoms with E-state index in [0.29, 0.717) is 11.6 Å². The zero-order valence-corrected chi connectivity index (χ0v) is 14.0. The van der Waals surface area contributed by atoms with Crippen LogP contribution in [0.5, 0.6) is 0 Å². The van der Waals surface area contributed by atoms with Gasteiger partial charge in [0.1, 0.15) is 6.61 Å². The molecular weight excluding hydrogens is 345 g/mol. The zero-order valence-electron chi connectivity index (χ0n) is 13.3.